The number of nitrogens with zero attached hydrogens (tertiary/aromatic N) is 5. The predicted molar refractivity (Wildman–Crippen MR) is 126 cm³/mol. The first kappa shape index (κ1) is 19.9. The fourth-order valence-corrected chi connectivity index (χ4v) is 5.19. The van der Waals surface area contributed by atoms with Gasteiger partial charge in [-0.05, 0) is 43.7 Å². The van der Waals surface area contributed by atoms with Crippen molar-refractivity contribution in [2.75, 3.05) is 31.1 Å². The lowest BCUT2D eigenvalue weighted by molar-refractivity contribution is -0.130. The van der Waals surface area contributed by atoms with Crippen molar-refractivity contribution in [3.8, 4) is 0 Å². The molecule has 4 aromatic rings. The van der Waals surface area contributed by atoms with Gasteiger partial charge in [-0.1, -0.05) is 48.2 Å². The number of amides is 1. The summed E-state index contributed by atoms with van der Waals surface area (Å²) >= 11 is 1.48. The van der Waals surface area contributed by atoms with Crippen LogP contribution < -0.4 is 4.90 Å². The molecule has 2 aromatic carbocycles. The van der Waals surface area contributed by atoms with Crippen molar-refractivity contribution < 1.29 is 4.79 Å². The molecule has 1 aliphatic rings. The molecule has 1 saturated heterocycles. The van der Waals surface area contributed by atoms with Gasteiger partial charge in [-0.3, -0.25) is 9.20 Å². The fourth-order valence-electron chi connectivity index (χ4n) is 4.24. The Kier molecular flexibility index (Phi) is 5.28. The molecule has 6 nitrogen and oxygen atoms in total. The molecule has 0 saturated carbocycles. The van der Waals surface area contributed by atoms with E-state index in [0.717, 1.165) is 42.5 Å². The van der Waals surface area contributed by atoms with E-state index in [1.165, 1.54) is 28.4 Å². The zero-order valence-corrected chi connectivity index (χ0v) is 18.5. The van der Waals surface area contributed by atoms with Gasteiger partial charge < -0.3 is 9.80 Å². The monoisotopic (exact) mass is 431 g/mol. The first-order valence-corrected chi connectivity index (χ1v) is 11.5. The largest absolute Gasteiger partial charge is 0.368 e. The number of hydrogen-bond acceptors (Lipinski definition) is 5. The molecular formula is C24H25N5OS. The summed E-state index contributed by atoms with van der Waals surface area (Å²) in [5.41, 5.74) is 4.28. The van der Waals surface area contributed by atoms with E-state index in [0.29, 0.717) is 0 Å². The number of carbonyl (C=O) groups is 1. The highest BCUT2D eigenvalue weighted by molar-refractivity contribution is 8.00. The molecule has 1 aliphatic heterocycles. The quantitative estimate of drug-likeness (QED) is 0.457. The number of para-hydroxylation sites is 2. The van der Waals surface area contributed by atoms with Gasteiger partial charge in [0.25, 0.3) is 0 Å². The predicted octanol–water partition coefficient (Wildman–Crippen LogP) is 4.02. The van der Waals surface area contributed by atoms with E-state index in [9.17, 15) is 4.79 Å². The van der Waals surface area contributed by atoms with Crippen LogP contribution in [0.25, 0.3) is 16.6 Å². The number of aromatic nitrogens is 3. The number of aryl methyl sites for hydroxylation is 1. The molecule has 3 heterocycles. The molecule has 0 spiro atoms. The van der Waals surface area contributed by atoms with Crippen LogP contribution in [-0.2, 0) is 4.79 Å². The molecule has 0 bridgehead atoms. The fraction of sp³-hybridized carbons (Fsp3) is 0.292. The third kappa shape index (κ3) is 3.74. The van der Waals surface area contributed by atoms with Crippen LogP contribution in [0.3, 0.4) is 0 Å². The molecule has 1 atom stereocenters. The van der Waals surface area contributed by atoms with Crippen LogP contribution >= 0.6 is 11.8 Å². The van der Waals surface area contributed by atoms with Gasteiger partial charge in [0.2, 0.25) is 5.91 Å². The molecule has 31 heavy (non-hydrogen) atoms. The molecule has 0 aliphatic carbocycles. The lowest BCUT2D eigenvalue weighted by Crippen LogP contribution is -2.50. The molecule has 7 heteroatoms. The Morgan fingerprint density at radius 2 is 1.68 bits per heavy atom. The maximum Gasteiger partial charge on any atom is 0.236 e. The Morgan fingerprint density at radius 1 is 0.968 bits per heavy atom. The minimum absolute atomic E-state index is 0.158. The summed E-state index contributed by atoms with van der Waals surface area (Å²) in [5.74, 6) is 0.158. The SMILES string of the molecule is Cc1cc2nnc(SC(C)C(=O)N3CCN(c4ccccc4)CC3)n2c2ccccc12. The molecule has 0 N–H and O–H groups in total. The van der Waals surface area contributed by atoms with E-state index in [2.05, 4.69) is 68.9 Å². The van der Waals surface area contributed by atoms with E-state index in [1.807, 2.05) is 30.0 Å². The Morgan fingerprint density at radius 3 is 2.45 bits per heavy atom. The molecule has 1 unspecified atom stereocenters. The molecule has 0 radical (unpaired) electrons. The summed E-state index contributed by atoms with van der Waals surface area (Å²) in [6, 6.07) is 20.7. The van der Waals surface area contributed by atoms with Crippen LogP contribution in [0.5, 0.6) is 0 Å². The zero-order chi connectivity index (χ0) is 21.4. The highest BCUT2D eigenvalue weighted by Crippen LogP contribution is 2.29. The van der Waals surface area contributed by atoms with Crippen LogP contribution in [0.4, 0.5) is 5.69 Å². The molecule has 1 amide bonds. The van der Waals surface area contributed by atoms with Crippen LogP contribution in [0, 0.1) is 6.92 Å². The summed E-state index contributed by atoms with van der Waals surface area (Å²) in [4.78, 5) is 17.5. The number of anilines is 1. The van der Waals surface area contributed by atoms with Crippen LogP contribution in [0.2, 0.25) is 0 Å². The lowest BCUT2D eigenvalue weighted by Gasteiger charge is -2.37. The highest BCUT2D eigenvalue weighted by Gasteiger charge is 2.27. The van der Waals surface area contributed by atoms with Crippen LogP contribution in [0.15, 0.2) is 65.8 Å². The first-order chi connectivity index (χ1) is 15.1. The van der Waals surface area contributed by atoms with Gasteiger partial charge in [0.1, 0.15) is 0 Å². The van der Waals surface area contributed by atoms with E-state index >= 15 is 0 Å². The molecular weight excluding hydrogens is 406 g/mol. The number of rotatable bonds is 4. The lowest BCUT2D eigenvalue weighted by atomic mass is 10.1. The second kappa shape index (κ2) is 8.23. The van der Waals surface area contributed by atoms with Crippen LogP contribution in [0.1, 0.15) is 12.5 Å². The second-order valence-electron chi connectivity index (χ2n) is 7.93. The van der Waals surface area contributed by atoms with E-state index in [1.54, 1.807) is 0 Å². The Balaban J connectivity index is 1.32. The van der Waals surface area contributed by atoms with Crippen molar-refractivity contribution in [1.82, 2.24) is 19.5 Å². The van der Waals surface area contributed by atoms with Crippen molar-refractivity contribution >= 4 is 39.9 Å². The summed E-state index contributed by atoms with van der Waals surface area (Å²) in [6.45, 7) is 7.23. The minimum atomic E-state index is -0.226. The number of carbonyl (C=O) groups excluding carboxylic acids is 1. The average molecular weight is 432 g/mol. The zero-order valence-electron chi connectivity index (χ0n) is 17.7. The summed E-state index contributed by atoms with van der Waals surface area (Å²) in [5, 5.41) is 10.5. The van der Waals surface area contributed by atoms with Crippen molar-refractivity contribution in [2.24, 2.45) is 0 Å². The molecule has 2 aromatic heterocycles. The molecule has 158 valence electrons. The highest BCUT2D eigenvalue weighted by atomic mass is 32.2. The maximum atomic E-state index is 13.2. The Bertz CT molecular complexity index is 1230. The number of thioether (sulfide) groups is 1. The maximum absolute atomic E-state index is 13.2. The van der Waals surface area contributed by atoms with Crippen molar-refractivity contribution in [3.63, 3.8) is 0 Å². The standard InChI is InChI=1S/C24H25N5OS/c1-17-16-22-25-26-24(29(22)21-11-7-6-10-20(17)21)31-18(2)23(30)28-14-12-27(13-15-28)19-8-4-3-5-9-19/h3-11,16,18H,12-15H2,1-2H3. The van der Waals surface area contributed by atoms with Crippen molar-refractivity contribution in [2.45, 2.75) is 24.3 Å². The van der Waals surface area contributed by atoms with Gasteiger partial charge >= 0.3 is 0 Å². The molecule has 5 rings (SSSR count). The summed E-state index contributed by atoms with van der Waals surface area (Å²) in [6.07, 6.45) is 0. The number of piperazine rings is 1. The number of benzene rings is 2. The van der Waals surface area contributed by atoms with Gasteiger partial charge in [0.15, 0.2) is 10.8 Å². The summed E-state index contributed by atoms with van der Waals surface area (Å²) < 4.78 is 2.06. The Labute approximate surface area is 185 Å². The number of hydrogen-bond donors (Lipinski definition) is 0. The third-order valence-corrected chi connectivity index (χ3v) is 6.95. The normalized spacial score (nSPS) is 15.5. The van der Waals surface area contributed by atoms with Crippen molar-refractivity contribution in [3.05, 3.63) is 66.2 Å². The average Bonchev–Trinajstić information content (AvgIpc) is 3.21. The van der Waals surface area contributed by atoms with Crippen LogP contribution in [-0.4, -0.2) is 56.8 Å². The second-order valence-corrected chi connectivity index (χ2v) is 9.24. The topological polar surface area (TPSA) is 53.7 Å². The van der Waals surface area contributed by atoms with Gasteiger partial charge in [-0.2, -0.15) is 0 Å². The van der Waals surface area contributed by atoms with Gasteiger partial charge in [-0.25, -0.2) is 0 Å². The van der Waals surface area contributed by atoms with Gasteiger partial charge in [-0.15, -0.1) is 10.2 Å². The molecule has 1 fully saturated rings. The van der Waals surface area contributed by atoms with Crippen molar-refractivity contribution in [1.29, 1.82) is 0 Å². The van der Waals surface area contributed by atoms with E-state index < -0.39 is 0 Å². The Hall–Kier alpha value is -3.06. The van der Waals surface area contributed by atoms with E-state index in [4.69, 9.17) is 0 Å². The third-order valence-electron chi connectivity index (χ3n) is 5.92. The number of fused-ring (bicyclic) bond motifs is 3. The van der Waals surface area contributed by atoms with Gasteiger partial charge in [0, 0.05) is 37.3 Å². The van der Waals surface area contributed by atoms with E-state index in [-0.39, 0.29) is 11.2 Å². The first-order valence-electron chi connectivity index (χ1n) is 10.6. The van der Waals surface area contributed by atoms with Gasteiger partial charge in [0.05, 0.1) is 10.8 Å². The smallest absolute Gasteiger partial charge is 0.236 e. The number of pyridine rings is 1. The minimum Gasteiger partial charge on any atom is -0.368 e. The summed E-state index contributed by atoms with van der Waals surface area (Å²) in [7, 11) is 0.